The summed E-state index contributed by atoms with van der Waals surface area (Å²) < 4.78 is 40.7. The van der Waals surface area contributed by atoms with Crippen molar-refractivity contribution in [3.8, 4) is 5.69 Å². The Morgan fingerprint density at radius 1 is 1.08 bits per heavy atom. The van der Waals surface area contributed by atoms with E-state index in [4.69, 9.17) is 0 Å². The average molecular weight is 351 g/mol. The molecule has 0 amide bonds. The van der Waals surface area contributed by atoms with E-state index in [0.717, 1.165) is 32.9 Å². The van der Waals surface area contributed by atoms with Crippen molar-refractivity contribution in [1.82, 2.24) is 14.8 Å². The van der Waals surface area contributed by atoms with Crippen molar-refractivity contribution in [3.05, 3.63) is 70.1 Å². The fraction of sp³-hybridized carbons (Fsp3) is 0.125. The highest BCUT2D eigenvalue weighted by Crippen LogP contribution is 2.35. The molecule has 1 heterocycles. The van der Waals surface area contributed by atoms with Crippen LogP contribution in [-0.4, -0.2) is 14.8 Å². The monoisotopic (exact) mass is 351 g/mol. The van der Waals surface area contributed by atoms with Crippen molar-refractivity contribution >= 4 is 11.8 Å². The number of aromatic nitrogens is 3. The standard InChI is InChI=1S/C16H12F3N3OS/c1-10-6-2-5-9-13(10)24-15-21-20-14(23)22(15)12-8-4-3-7-11(12)16(17,18)19/h2-9H,1H3,(H,20,23). The fourth-order valence-corrected chi connectivity index (χ4v) is 3.18. The molecule has 0 radical (unpaired) electrons. The van der Waals surface area contributed by atoms with Crippen LogP contribution in [0.2, 0.25) is 0 Å². The Morgan fingerprint density at radius 2 is 1.75 bits per heavy atom. The molecule has 0 atom stereocenters. The zero-order chi connectivity index (χ0) is 17.3. The second kappa shape index (κ2) is 6.20. The summed E-state index contributed by atoms with van der Waals surface area (Å²) in [5.74, 6) is 0. The number of para-hydroxylation sites is 1. The van der Waals surface area contributed by atoms with E-state index in [1.54, 1.807) is 0 Å². The first kappa shape index (κ1) is 16.4. The minimum absolute atomic E-state index is 0.144. The molecule has 0 unspecified atom stereocenters. The van der Waals surface area contributed by atoms with E-state index in [1.165, 1.54) is 18.2 Å². The number of benzene rings is 2. The van der Waals surface area contributed by atoms with E-state index in [-0.39, 0.29) is 10.8 Å². The third-order valence-corrected chi connectivity index (χ3v) is 4.52. The Balaban J connectivity index is 2.13. The van der Waals surface area contributed by atoms with Crippen LogP contribution >= 0.6 is 11.8 Å². The summed E-state index contributed by atoms with van der Waals surface area (Å²) in [6.07, 6.45) is -4.57. The maximum Gasteiger partial charge on any atom is 0.418 e. The first-order valence-electron chi connectivity index (χ1n) is 6.95. The summed E-state index contributed by atoms with van der Waals surface area (Å²) in [5.41, 5.74) is -0.920. The third kappa shape index (κ3) is 3.09. The predicted octanol–water partition coefficient (Wildman–Crippen LogP) is 4.04. The van der Waals surface area contributed by atoms with E-state index >= 15 is 0 Å². The summed E-state index contributed by atoms with van der Waals surface area (Å²) >= 11 is 1.13. The van der Waals surface area contributed by atoms with Gasteiger partial charge in [-0.2, -0.15) is 13.2 Å². The van der Waals surface area contributed by atoms with Gasteiger partial charge in [-0.1, -0.05) is 30.3 Å². The lowest BCUT2D eigenvalue weighted by atomic mass is 10.1. The lowest BCUT2D eigenvalue weighted by Crippen LogP contribution is -2.20. The van der Waals surface area contributed by atoms with E-state index in [1.807, 2.05) is 31.2 Å². The molecule has 0 saturated carbocycles. The van der Waals surface area contributed by atoms with Gasteiger partial charge in [0.1, 0.15) is 0 Å². The van der Waals surface area contributed by atoms with Gasteiger partial charge in [-0.3, -0.25) is 0 Å². The third-order valence-electron chi connectivity index (χ3n) is 3.39. The quantitative estimate of drug-likeness (QED) is 0.775. The second-order valence-electron chi connectivity index (χ2n) is 5.03. The Bertz CT molecular complexity index is 931. The first-order valence-corrected chi connectivity index (χ1v) is 7.77. The van der Waals surface area contributed by atoms with E-state index in [9.17, 15) is 18.0 Å². The number of H-pyrrole nitrogens is 1. The minimum atomic E-state index is -4.57. The van der Waals surface area contributed by atoms with Gasteiger partial charge in [0.05, 0.1) is 11.3 Å². The van der Waals surface area contributed by atoms with Gasteiger partial charge in [0, 0.05) is 4.90 Å². The van der Waals surface area contributed by atoms with Crippen molar-refractivity contribution < 1.29 is 13.2 Å². The molecule has 8 heteroatoms. The number of alkyl halides is 3. The molecule has 2 aromatic carbocycles. The number of hydrogen-bond donors (Lipinski definition) is 1. The molecule has 4 nitrogen and oxygen atoms in total. The molecule has 0 spiro atoms. The first-order chi connectivity index (χ1) is 11.4. The molecule has 0 bridgehead atoms. The van der Waals surface area contributed by atoms with Gasteiger partial charge in [-0.05, 0) is 42.4 Å². The number of nitrogens with one attached hydrogen (secondary N) is 1. The SMILES string of the molecule is Cc1ccccc1Sc1n[nH]c(=O)n1-c1ccccc1C(F)(F)F. The Hall–Kier alpha value is -2.48. The zero-order valence-electron chi connectivity index (χ0n) is 12.5. The van der Waals surface area contributed by atoms with Crippen LogP contribution < -0.4 is 5.69 Å². The molecule has 0 aliphatic heterocycles. The topological polar surface area (TPSA) is 50.7 Å². The van der Waals surface area contributed by atoms with Crippen LogP contribution in [0.5, 0.6) is 0 Å². The zero-order valence-corrected chi connectivity index (χ0v) is 13.3. The van der Waals surface area contributed by atoms with Crippen molar-refractivity contribution in [2.75, 3.05) is 0 Å². The van der Waals surface area contributed by atoms with Crippen LogP contribution in [0.4, 0.5) is 13.2 Å². The molecule has 0 aliphatic rings. The molecule has 3 aromatic rings. The van der Waals surface area contributed by atoms with Gasteiger partial charge in [-0.25, -0.2) is 14.5 Å². The highest BCUT2D eigenvalue weighted by Gasteiger charge is 2.34. The lowest BCUT2D eigenvalue weighted by molar-refractivity contribution is -0.137. The number of halogens is 3. The van der Waals surface area contributed by atoms with Crippen LogP contribution in [-0.2, 0) is 6.18 Å². The molecular formula is C16H12F3N3OS. The van der Waals surface area contributed by atoms with Crippen LogP contribution in [0.1, 0.15) is 11.1 Å². The molecule has 124 valence electrons. The van der Waals surface area contributed by atoms with Crippen molar-refractivity contribution in [2.45, 2.75) is 23.2 Å². The average Bonchev–Trinajstić information content (AvgIpc) is 2.89. The smallest absolute Gasteiger partial charge is 0.246 e. The van der Waals surface area contributed by atoms with Crippen molar-refractivity contribution in [2.24, 2.45) is 0 Å². The predicted molar refractivity (Wildman–Crippen MR) is 84.5 cm³/mol. The number of nitrogens with zero attached hydrogens (tertiary/aromatic N) is 2. The minimum Gasteiger partial charge on any atom is -0.246 e. The molecule has 0 aliphatic carbocycles. The van der Waals surface area contributed by atoms with E-state index in [0.29, 0.717) is 0 Å². The highest BCUT2D eigenvalue weighted by atomic mass is 32.2. The number of rotatable bonds is 3. The Morgan fingerprint density at radius 3 is 2.46 bits per heavy atom. The van der Waals surface area contributed by atoms with Crippen LogP contribution in [0.15, 0.2) is 63.4 Å². The van der Waals surface area contributed by atoms with Gasteiger partial charge >= 0.3 is 11.9 Å². The molecule has 1 N–H and O–H groups in total. The van der Waals surface area contributed by atoms with E-state index in [2.05, 4.69) is 10.2 Å². The van der Waals surface area contributed by atoms with Gasteiger partial charge in [-0.15, -0.1) is 5.10 Å². The lowest BCUT2D eigenvalue weighted by Gasteiger charge is -2.14. The molecule has 3 rings (SSSR count). The van der Waals surface area contributed by atoms with E-state index < -0.39 is 17.4 Å². The Labute approximate surface area is 139 Å². The summed E-state index contributed by atoms with van der Waals surface area (Å²) in [7, 11) is 0. The maximum atomic E-state index is 13.2. The van der Waals surface area contributed by atoms with Gasteiger partial charge < -0.3 is 0 Å². The molecule has 0 fully saturated rings. The molecular weight excluding hydrogens is 339 g/mol. The van der Waals surface area contributed by atoms with Gasteiger partial charge in [0.25, 0.3) is 0 Å². The molecule has 0 saturated heterocycles. The van der Waals surface area contributed by atoms with Crippen molar-refractivity contribution in [1.29, 1.82) is 0 Å². The van der Waals surface area contributed by atoms with Crippen LogP contribution in [0.3, 0.4) is 0 Å². The largest absolute Gasteiger partial charge is 0.418 e. The summed E-state index contributed by atoms with van der Waals surface area (Å²) in [6.45, 7) is 1.88. The second-order valence-corrected chi connectivity index (χ2v) is 6.04. The highest BCUT2D eigenvalue weighted by molar-refractivity contribution is 7.99. The summed E-state index contributed by atoms with van der Waals surface area (Å²) in [5, 5.41) is 6.24. The number of hydrogen-bond acceptors (Lipinski definition) is 3. The molecule has 24 heavy (non-hydrogen) atoms. The number of aromatic amines is 1. The Kier molecular flexibility index (Phi) is 4.23. The normalized spacial score (nSPS) is 11.7. The van der Waals surface area contributed by atoms with Crippen LogP contribution in [0.25, 0.3) is 5.69 Å². The van der Waals surface area contributed by atoms with Crippen molar-refractivity contribution in [3.63, 3.8) is 0 Å². The summed E-state index contributed by atoms with van der Waals surface area (Å²) in [6, 6.07) is 12.3. The maximum absolute atomic E-state index is 13.2. The molecule has 1 aromatic heterocycles. The fourth-order valence-electron chi connectivity index (χ4n) is 2.24. The summed E-state index contributed by atoms with van der Waals surface area (Å²) in [4.78, 5) is 12.9. The van der Waals surface area contributed by atoms with Gasteiger partial charge in [0.2, 0.25) is 5.16 Å². The number of aryl methyl sites for hydroxylation is 1. The van der Waals surface area contributed by atoms with Crippen LogP contribution in [0, 0.1) is 6.92 Å². The van der Waals surface area contributed by atoms with Gasteiger partial charge in [0.15, 0.2) is 0 Å².